The molecule has 0 saturated heterocycles. The van der Waals surface area contributed by atoms with Crippen LogP contribution in [0.3, 0.4) is 0 Å². The summed E-state index contributed by atoms with van der Waals surface area (Å²) in [6, 6.07) is 7.79. The smallest absolute Gasteiger partial charge is 0.119 e. The molecule has 0 heterocycles. The van der Waals surface area contributed by atoms with E-state index in [0.717, 1.165) is 11.3 Å². The van der Waals surface area contributed by atoms with Crippen LogP contribution in [-0.2, 0) is 0 Å². The molecule has 0 saturated carbocycles. The van der Waals surface area contributed by atoms with Crippen molar-refractivity contribution < 1.29 is 4.74 Å². The summed E-state index contributed by atoms with van der Waals surface area (Å²) in [7, 11) is 0. The van der Waals surface area contributed by atoms with Crippen molar-refractivity contribution in [1.29, 1.82) is 0 Å². The Labute approximate surface area is 89.3 Å². The maximum absolute atomic E-state index is 5.72. The fourth-order valence-corrected chi connectivity index (χ4v) is 1.12. The molecule has 76 valence electrons. The van der Waals surface area contributed by atoms with E-state index in [2.05, 4.69) is 0 Å². The summed E-state index contributed by atoms with van der Waals surface area (Å²) >= 11 is 5.36. The number of nitrogens with two attached hydrogens (primary N) is 1. The van der Waals surface area contributed by atoms with E-state index in [-0.39, 0.29) is 6.04 Å². The summed E-state index contributed by atoms with van der Waals surface area (Å²) in [6.45, 7) is 2.44. The number of halogens is 1. The lowest BCUT2D eigenvalue weighted by molar-refractivity contribution is 0.363. The zero-order valence-electron chi connectivity index (χ0n) is 8.11. The summed E-state index contributed by atoms with van der Waals surface area (Å²) in [5.41, 5.74) is 8.26. The Morgan fingerprint density at radius 2 is 2.07 bits per heavy atom. The number of hydrogen-bond acceptors (Lipinski definition) is 2. The van der Waals surface area contributed by atoms with E-state index in [1.807, 2.05) is 31.2 Å². The summed E-state index contributed by atoms with van der Waals surface area (Å²) in [5.74, 6) is 0.823. The number of ether oxygens (including phenoxy) is 1. The van der Waals surface area contributed by atoms with Crippen LogP contribution in [0.1, 0.15) is 18.5 Å². The van der Waals surface area contributed by atoms with Gasteiger partial charge in [0.2, 0.25) is 0 Å². The molecule has 3 heteroatoms. The minimum atomic E-state index is 0.0618. The number of hydrogen-bond donors (Lipinski definition) is 1. The van der Waals surface area contributed by atoms with Crippen molar-refractivity contribution in [2.45, 2.75) is 13.0 Å². The van der Waals surface area contributed by atoms with Crippen LogP contribution >= 0.6 is 11.6 Å². The molecule has 0 aliphatic rings. The number of rotatable bonds is 4. The van der Waals surface area contributed by atoms with Crippen molar-refractivity contribution >= 4 is 11.6 Å². The molecular weight excluding hydrogens is 198 g/mol. The first-order valence-electron chi connectivity index (χ1n) is 4.47. The molecule has 0 fully saturated rings. The Bertz CT molecular complexity index is 293. The average Bonchev–Trinajstić information content (AvgIpc) is 2.19. The van der Waals surface area contributed by atoms with Gasteiger partial charge in [-0.1, -0.05) is 23.7 Å². The molecule has 0 aliphatic carbocycles. The normalized spacial score (nSPS) is 13.1. The predicted octanol–water partition coefficient (Wildman–Crippen LogP) is 2.84. The Kier molecular flexibility index (Phi) is 4.50. The summed E-state index contributed by atoms with van der Waals surface area (Å²) in [4.78, 5) is 0. The van der Waals surface area contributed by atoms with Gasteiger partial charge in [-0.25, -0.2) is 0 Å². The van der Waals surface area contributed by atoms with Crippen LogP contribution in [0.2, 0.25) is 0 Å². The van der Waals surface area contributed by atoms with Crippen LogP contribution in [0, 0.1) is 0 Å². The Hall–Kier alpha value is -0.990. The zero-order valence-corrected chi connectivity index (χ0v) is 8.87. The molecule has 14 heavy (non-hydrogen) atoms. The molecule has 1 rings (SSSR count). The third-order valence-electron chi connectivity index (χ3n) is 1.84. The van der Waals surface area contributed by atoms with Crippen molar-refractivity contribution in [2.24, 2.45) is 5.73 Å². The van der Waals surface area contributed by atoms with Gasteiger partial charge in [0.05, 0.1) is 0 Å². The highest BCUT2D eigenvalue weighted by Crippen LogP contribution is 2.15. The molecule has 0 aromatic heterocycles. The van der Waals surface area contributed by atoms with Crippen LogP contribution in [0.4, 0.5) is 0 Å². The molecule has 0 spiro atoms. The third-order valence-corrected chi connectivity index (χ3v) is 2.02. The SMILES string of the molecule is CC(N)c1ccc(OC/C=C/Cl)cc1. The summed E-state index contributed by atoms with van der Waals surface area (Å²) in [6.07, 6.45) is 1.74. The molecule has 0 amide bonds. The molecular formula is C11H14ClNO. The van der Waals surface area contributed by atoms with Crippen molar-refractivity contribution in [1.82, 2.24) is 0 Å². The topological polar surface area (TPSA) is 35.2 Å². The summed E-state index contributed by atoms with van der Waals surface area (Å²) < 4.78 is 5.37. The quantitative estimate of drug-likeness (QED) is 0.831. The highest BCUT2D eigenvalue weighted by molar-refractivity contribution is 6.25. The lowest BCUT2D eigenvalue weighted by Gasteiger charge is -2.07. The molecule has 2 N–H and O–H groups in total. The first kappa shape index (κ1) is 11.1. The highest BCUT2D eigenvalue weighted by atomic mass is 35.5. The van der Waals surface area contributed by atoms with Crippen molar-refractivity contribution in [3.8, 4) is 5.75 Å². The Balaban J connectivity index is 2.55. The first-order chi connectivity index (χ1) is 6.74. The van der Waals surface area contributed by atoms with Gasteiger partial charge < -0.3 is 10.5 Å². The molecule has 0 bridgehead atoms. The molecule has 0 aliphatic heterocycles. The largest absolute Gasteiger partial charge is 0.490 e. The standard InChI is InChI=1S/C11H14ClNO/c1-9(13)10-3-5-11(6-4-10)14-8-2-7-12/h2-7,9H,8,13H2,1H3/b7-2+. The minimum Gasteiger partial charge on any atom is -0.490 e. The molecule has 0 radical (unpaired) electrons. The van der Waals surface area contributed by atoms with Crippen LogP contribution in [0.25, 0.3) is 0 Å². The second-order valence-corrected chi connectivity index (χ2v) is 3.28. The molecule has 1 atom stereocenters. The van der Waals surface area contributed by atoms with Gasteiger partial charge in [-0.05, 0) is 30.7 Å². The lowest BCUT2D eigenvalue weighted by atomic mass is 10.1. The van der Waals surface area contributed by atoms with Gasteiger partial charge in [-0.2, -0.15) is 0 Å². The lowest BCUT2D eigenvalue weighted by Crippen LogP contribution is -2.04. The number of benzene rings is 1. The first-order valence-corrected chi connectivity index (χ1v) is 4.91. The molecule has 1 unspecified atom stereocenters. The predicted molar refractivity (Wildman–Crippen MR) is 59.5 cm³/mol. The fourth-order valence-electron chi connectivity index (χ4n) is 1.05. The van der Waals surface area contributed by atoms with Gasteiger partial charge >= 0.3 is 0 Å². The van der Waals surface area contributed by atoms with E-state index in [1.165, 1.54) is 5.54 Å². The molecule has 2 nitrogen and oxygen atoms in total. The molecule has 1 aromatic rings. The van der Waals surface area contributed by atoms with Crippen molar-refractivity contribution in [3.63, 3.8) is 0 Å². The van der Waals surface area contributed by atoms with Gasteiger partial charge in [0, 0.05) is 11.6 Å². The van der Waals surface area contributed by atoms with E-state index < -0.39 is 0 Å². The van der Waals surface area contributed by atoms with Crippen LogP contribution in [0.5, 0.6) is 5.75 Å². The zero-order chi connectivity index (χ0) is 10.4. The van der Waals surface area contributed by atoms with Crippen molar-refractivity contribution in [3.05, 3.63) is 41.4 Å². The van der Waals surface area contributed by atoms with E-state index in [9.17, 15) is 0 Å². The maximum atomic E-state index is 5.72. The van der Waals surface area contributed by atoms with E-state index >= 15 is 0 Å². The van der Waals surface area contributed by atoms with Gasteiger partial charge in [0.25, 0.3) is 0 Å². The van der Waals surface area contributed by atoms with Gasteiger partial charge in [0.15, 0.2) is 0 Å². The molecule has 1 aromatic carbocycles. The van der Waals surface area contributed by atoms with E-state index in [1.54, 1.807) is 6.08 Å². The van der Waals surface area contributed by atoms with Crippen molar-refractivity contribution in [2.75, 3.05) is 6.61 Å². The van der Waals surface area contributed by atoms with E-state index in [4.69, 9.17) is 22.1 Å². The van der Waals surface area contributed by atoms with Gasteiger partial charge in [0.1, 0.15) is 12.4 Å². The Morgan fingerprint density at radius 3 is 2.57 bits per heavy atom. The van der Waals surface area contributed by atoms with E-state index in [0.29, 0.717) is 6.61 Å². The monoisotopic (exact) mass is 211 g/mol. The second kappa shape index (κ2) is 5.68. The van der Waals surface area contributed by atoms with Crippen LogP contribution < -0.4 is 10.5 Å². The third kappa shape index (κ3) is 3.40. The average molecular weight is 212 g/mol. The highest BCUT2D eigenvalue weighted by Gasteiger charge is 1.98. The Morgan fingerprint density at radius 1 is 1.43 bits per heavy atom. The van der Waals surface area contributed by atoms with Crippen LogP contribution in [0.15, 0.2) is 35.9 Å². The van der Waals surface area contributed by atoms with Gasteiger partial charge in [-0.3, -0.25) is 0 Å². The fraction of sp³-hybridized carbons (Fsp3) is 0.273. The second-order valence-electron chi connectivity index (χ2n) is 3.03. The minimum absolute atomic E-state index is 0.0618. The van der Waals surface area contributed by atoms with Crippen LogP contribution in [-0.4, -0.2) is 6.61 Å². The van der Waals surface area contributed by atoms with Gasteiger partial charge in [-0.15, -0.1) is 0 Å². The summed E-state index contributed by atoms with van der Waals surface area (Å²) in [5, 5.41) is 0. The maximum Gasteiger partial charge on any atom is 0.119 e.